The predicted octanol–water partition coefficient (Wildman–Crippen LogP) is 7.08. The van der Waals surface area contributed by atoms with E-state index in [1.165, 1.54) is 77.0 Å². The Morgan fingerprint density at radius 1 is 0.681 bits per heavy atom. The van der Waals surface area contributed by atoms with Gasteiger partial charge in [-0.05, 0) is 17.5 Å². The molecule has 2 aromatic rings. The van der Waals surface area contributed by atoms with Crippen molar-refractivity contribution >= 4 is 0 Å². The van der Waals surface area contributed by atoms with E-state index in [1.807, 2.05) is 60.7 Å². The summed E-state index contributed by atoms with van der Waals surface area (Å²) >= 11 is 0. The number of nitrogens with two attached hydrogens (primary N) is 1. The van der Waals surface area contributed by atoms with Gasteiger partial charge in [0, 0.05) is 6.61 Å². The highest BCUT2D eigenvalue weighted by atomic mass is 16.7. The lowest BCUT2D eigenvalue weighted by molar-refractivity contribution is -0.286. The minimum absolute atomic E-state index is 0.0199. The van der Waals surface area contributed by atoms with E-state index < -0.39 is 36.7 Å². The van der Waals surface area contributed by atoms with Gasteiger partial charge in [0.1, 0.15) is 24.4 Å². The van der Waals surface area contributed by atoms with Gasteiger partial charge in [0.25, 0.3) is 0 Å². The quantitative estimate of drug-likeness (QED) is 0.0875. The van der Waals surface area contributed by atoms with Crippen LogP contribution in [-0.2, 0) is 36.9 Å². The van der Waals surface area contributed by atoms with Gasteiger partial charge >= 0.3 is 0 Å². The first-order chi connectivity index (χ1) is 23.1. The monoisotopic (exact) mass is 657 g/mol. The third-order valence-corrected chi connectivity index (χ3v) is 8.85. The normalized spacial score (nSPS) is 22.0. The van der Waals surface area contributed by atoms with E-state index in [9.17, 15) is 10.2 Å². The maximum Gasteiger partial charge on any atom is 0.175 e. The van der Waals surface area contributed by atoms with Crippen molar-refractivity contribution < 1.29 is 33.9 Å². The summed E-state index contributed by atoms with van der Waals surface area (Å²) in [6.07, 6.45) is 14.9. The SMILES string of the molecule is CCCCCCCCCCCCCCCCO[C@H]1O[C@H](COCC(O)CO)[C@@H](OCc2ccccc2)[C@H](OCc2ccccc2)[C@H]1N. The fraction of sp³-hybridized carbons (Fsp3) is 0.692. The molecule has 1 fully saturated rings. The first kappa shape index (κ1) is 39.6. The van der Waals surface area contributed by atoms with Crippen LogP contribution in [0.3, 0.4) is 0 Å². The zero-order valence-electron chi connectivity index (χ0n) is 28.9. The molecular formula is C39H63NO7. The van der Waals surface area contributed by atoms with E-state index in [0.717, 1.165) is 24.0 Å². The molecule has 0 spiro atoms. The maximum absolute atomic E-state index is 9.85. The average molecular weight is 658 g/mol. The van der Waals surface area contributed by atoms with Crippen molar-refractivity contribution in [3.05, 3.63) is 71.8 Å². The van der Waals surface area contributed by atoms with Crippen LogP contribution >= 0.6 is 0 Å². The molecule has 1 saturated heterocycles. The molecule has 0 radical (unpaired) electrons. The molecule has 3 rings (SSSR count). The van der Waals surface area contributed by atoms with Crippen molar-refractivity contribution in [2.75, 3.05) is 26.4 Å². The Bertz CT molecular complexity index is 997. The largest absolute Gasteiger partial charge is 0.394 e. The van der Waals surface area contributed by atoms with Crippen molar-refractivity contribution in [3.63, 3.8) is 0 Å². The molecule has 4 N–H and O–H groups in total. The third-order valence-electron chi connectivity index (χ3n) is 8.85. The highest BCUT2D eigenvalue weighted by molar-refractivity contribution is 5.14. The van der Waals surface area contributed by atoms with Gasteiger partial charge in [0.15, 0.2) is 6.29 Å². The highest BCUT2D eigenvalue weighted by Crippen LogP contribution is 2.28. The smallest absolute Gasteiger partial charge is 0.175 e. The fourth-order valence-corrected chi connectivity index (χ4v) is 6.02. The second-order valence-electron chi connectivity index (χ2n) is 13.0. The number of ether oxygens (including phenoxy) is 5. The van der Waals surface area contributed by atoms with Crippen molar-refractivity contribution in [2.24, 2.45) is 5.73 Å². The Morgan fingerprint density at radius 2 is 1.17 bits per heavy atom. The fourth-order valence-electron chi connectivity index (χ4n) is 6.02. The van der Waals surface area contributed by atoms with E-state index >= 15 is 0 Å². The molecule has 0 aliphatic carbocycles. The van der Waals surface area contributed by atoms with Gasteiger partial charge in [-0.2, -0.15) is 0 Å². The summed E-state index contributed by atoms with van der Waals surface area (Å²) in [4.78, 5) is 0. The Morgan fingerprint density at radius 3 is 1.68 bits per heavy atom. The molecule has 1 heterocycles. The summed E-state index contributed by atoms with van der Waals surface area (Å²) in [5.41, 5.74) is 8.86. The third kappa shape index (κ3) is 16.4. The van der Waals surface area contributed by atoms with Gasteiger partial charge in [0.05, 0.1) is 39.1 Å². The molecule has 8 nitrogen and oxygen atoms in total. The van der Waals surface area contributed by atoms with Crippen LogP contribution in [0.1, 0.15) is 108 Å². The van der Waals surface area contributed by atoms with E-state index in [-0.39, 0.29) is 19.8 Å². The molecule has 2 aromatic carbocycles. The van der Waals surface area contributed by atoms with Crippen LogP contribution < -0.4 is 5.73 Å². The van der Waals surface area contributed by atoms with Crippen LogP contribution in [0.25, 0.3) is 0 Å². The molecule has 1 aliphatic rings. The van der Waals surface area contributed by atoms with Gasteiger partial charge < -0.3 is 39.6 Å². The predicted molar refractivity (Wildman–Crippen MR) is 187 cm³/mol. The van der Waals surface area contributed by atoms with Gasteiger partial charge in [-0.3, -0.25) is 0 Å². The lowest BCUT2D eigenvalue weighted by Gasteiger charge is -2.45. The number of hydrogen-bond donors (Lipinski definition) is 3. The molecule has 0 bridgehead atoms. The van der Waals surface area contributed by atoms with Crippen LogP contribution in [0.15, 0.2) is 60.7 Å². The van der Waals surface area contributed by atoms with Crippen LogP contribution in [-0.4, -0.2) is 73.4 Å². The van der Waals surface area contributed by atoms with Crippen LogP contribution in [0.4, 0.5) is 0 Å². The van der Waals surface area contributed by atoms with Gasteiger partial charge in [0.2, 0.25) is 0 Å². The minimum Gasteiger partial charge on any atom is -0.394 e. The Balaban J connectivity index is 1.48. The van der Waals surface area contributed by atoms with Crippen molar-refractivity contribution in [3.8, 4) is 0 Å². The number of aliphatic hydroxyl groups is 2. The molecule has 266 valence electrons. The van der Waals surface area contributed by atoms with Crippen molar-refractivity contribution in [1.29, 1.82) is 0 Å². The van der Waals surface area contributed by atoms with E-state index in [4.69, 9.17) is 29.4 Å². The maximum atomic E-state index is 9.85. The van der Waals surface area contributed by atoms with Crippen LogP contribution in [0.2, 0.25) is 0 Å². The summed E-state index contributed by atoms with van der Waals surface area (Å²) in [6, 6.07) is 19.3. The molecule has 1 unspecified atom stereocenters. The number of hydrogen-bond acceptors (Lipinski definition) is 8. The number of benzene rings is 2. The summed E-state index contributed by atoms with van der Waals surface area (Å²) < 4.78 is 31.3. The minimum atomic E-state index is -0.970. The molecule has 47 heavy (non-hydrogen) atoms. The Kier molecular flexibility index (Phi) is 21.2. The Labute approximate surface area is 284 Å². The second kappa shape index (κ2) is 25.1. The van der Waals surface area contributed by atoms with Gasteiger partial charge in [-0.15, -0.1) is 0 Å². The lowest BCUT2D eigenvalue weighted by Crippen LogP contribution is -2.64. The van der Waals surface area contributed by atoms with Gasteiger partial charge in [-0.25, -0.2) is 0 Å². The lowest BCUT2D eigenvalue weighted by atomic mass is 9.96. The zero-order chi connectivity index (χ0) is 33.4. The number of aliphatic hydroxyl groups excluding tert-OH is 2. The summed E-state index contributed by atoms with van der Waals surface area (Å²) in [7, 11) is 0. The standard InChI is InChI=1S/C39H63NO7/c1-2-3-4-5-6-7-8-9-10-11-12-13-14-21-26-44-39-36(40)38(46-29-33-24-19-16-20-25-33)37(45-28-32-22-17-15-18-23-32)35(47-39)31-43-30-34(42)27-41/h15-20,22-25,34-39,41-42H,2-14,21,26-31,40H2,1H3/t34?,35-,36-,37-,38-,39+/m1/s1. The molecule has 0 aromatic heterocycles. The molecule has 6 atom stereocenters. The van der Waals surface area contributed by atoms with Crippen LogP contribution in [0.5, 0.6) is 0 Å². The highest BCUT2D eigenvalue weighted by Gasteiger charge is 2.46. The first-order valence-corrected chi connectivity index (χ1v) is 18.3. The Hall–Kier alpha value is -1.88. The van der Waals surface area contributed by atoms with E-state index in [0.29, 0.717) is 19.8 Å². The summed E-state index contributed by atoms with van der Waals surface area (Å²) in [6.45, 7) is 3.28. The molecule has 8 heteroatoms. The van der Waals surface area contributed by atoms with E-state index in [2.05, 4.69) is 6.92 Å². The molecule has 1 aliphatic heterocycles. The van der Waals surface area contributed by atoms with Crippen molar-refractivity contribution in [1.82, 2.24) is 0 Å². The van der Waals surface area contributed by atoms with Crippen molar-refractivity contribution in [2.45, 2.75) is 147 Å². The molecule has 0 amide bonds. The summed E-state index contributed by atoms with van der Waals surface area (Å²) in [5, 5.41) is 19.1. The number of rotatable bonds is 27. The molecule has 0 saturated carbocycles. The first-order valence-electron chi connectivity index (χ1n) is 18.3. The van der Waals surface area contributed by atoms with Gasteiger partial charge in [-0.1, -0.05) is 151 Å². The second-order valence-corrected chi connectivity index (χ2v) is 13.0. The average Bonchev–Trinajstić information content (AvgIpc) is 3.10. The molecular weight excluding hydrogens is 594 g/mol. The number of unbranched alkanes of at least 4 members (excludes halogenated alkanes) is 13. The van der Waals surface area contributed by atoms with Crippen LogP contribution in [0, 0.1) is 0 Å². The zero-order valence-corrected chi connectivity index (χ0v) is 28.9. The van der Waals surface area contributed by atoms with E-state index in [1.54, 1.807) is 0 Å². The topological polar surface area (TPSA) is 113 Å². The summed E-state index contributed by atoms with van der Waals surface area (Å²) in [5.74, 6) is 0.